The predicted molar refractivity (Wildman–Crippen MR) is 67.6 cm³/mol. The summed E-state index contributed by atoms with van der Waals surface area (Å²) in [7, 11) is 1.26. The molecule has 0 fully saturated rings. The van der Waals surface area contributed by atoms with Crippen molar-refractivity contribution in [3.05, 3.63) is 53.8 Å². The number of nitrogen functional groups attached to an aromatic ring is 1. The van der Waals surface area contributed by atoms with Crippen LogP contribution in [0, 0.1) is 5.82 Å². The Labute approximate surface area is 104 Å². The number of anilines is 1. The fourth-order valence-corrected chi connectivity index (χ4v) is 1.67. The van der Waals surface area contributed by atoms with Crippen LogP contribution in [0.5, 0.6) is 0 Å². The Morgan fingerprint density at radius 2 is 1.78 bits per heavy atom. The average Bonchev–Trinajstić information content (AvgIpc) is 2.38. The van der Waals surface area contributed by atoms with E-state index in [4.69, 9.17) is 5.73 Å². The van der Waals surface area contributed by atoms with Crippen molar-refractivity contribution in [3.8, 4) is 11.1 Å². The van der Waals surface area contributed by atoms with E-state index in [0.29, 0.717) is 11.3 Å². The SMILES string of the molecule is COC(=O)c1cc(F)cc(-c2ccc(N)cc2)c1. The molecule has 0 saturated heterocycles. The molecule has 0 heterocycles. The standard InChI is InChI=1S/C14H12FNO2/c1-18-14(17)11-6-10(7-12(15)8-11)9-2-4-13(16)5-3-9/h2-8H,16H2,1H3. The highest BCUT2D eigenvalue weighted by Gasteiger charge is 2.09. The first-order valence-electron chi connectivity index (χ1n) is 5.35. The molecule has 2 aromatic carbocycles. The lowest BCUT2D eigenvalue weighted by Crippen LogP contribution is -2.02. The maximum Gasteiger partial charge on any atom is 0.337 e. The van der Waals surface area contributed by atoms with Crippen LogP contribution in [0.25, 0.3) is 11.1 Å². The summed E-state index contributed by atoms with van der Waals surface area (Å²) in [5.74, 6) is -1.05. The van der Waals surface area contributed by atoms with Gasteiger partial charge in [-0.3, -0.25) is 0 Å². The lowest BCUT2D eigenvalue weighted by Gasteiger charge is -2.05. The second-order valence-electron chi connectivity index (χ2n) is 3.84. The van der Waals surface area contributed by atoms with Gasteiger partial charge in [-0.1, -0.05) is 12.1 Å². The third-order valence-electron chi connectivity index (χ3n) is 2.56. The molecule has 3 nitrogen and oxygen atoms in total. The van der Waals surface area contributed by atoms with Crippen molar-refractivity contribution in [1.82, 2.24) is 0 Å². The van der Waals surface area contributed by atoms with Crippen LogP contribution in [0.1, 0.15) is 10.4 Å². The fraction of sp³-hybridized carbons (Fsp3) is 0.0714. The Morgan fingerprint density at radius 1 is 1.11 bits per heavy atom. The van der Waals surface area contributed by atoms with Crippen molar-refractivity contribution in [1.29, 1.82) is 0 Å². The monoisotopic (exact) mass is 245 g/mol. The minimum absolute atomic E-state index is 0.185. The third-order valence-corrected chi connectivity index (χ3v) is 2.56. The number of carbonyl (C=O) groups is 1. The van der Waals surface area contributed by atoms with Crippen LogP contribution >= 0.6 is 0 Å². The second kappa shape index (κ2) is 4.87. The number of carbonyl (C=O) groups excluding carboxylic acids is 1. The number of esters is 1. The normalized spacial score (nSPS) is 10.1. The summed E-state index contributed by atoms with van der Waals surface area (Å²) in [5.41, 5.74) is 7.79. The summed E-state index contributed by atoms with van der Waals surface area (Å²) in [4.78, 5) is 11.4. The molecule has 0 aromatic heterocycles. The first-order valence-corrected chi connectivity index (χ1v) is 5.35. The van der Waals surface area contributed by atoms with Crippen LogP contribution in [0.2, 0.25) is 0 Å². The van der Waals surface area contributed by atoms with Crippen molar-refractivity contribution in [2.45, 2.75) is 0 Å². The van der Waals surface area contributed by atoms with E-state index in [1.54, 1.807) is 30.3 Å². The molecule has 2 N–H and O–H groups in total. The van der Waals surface area contributed by atoms with E-state index in [9.17, 15) is 9.18 Å². The minimum Gasteiger partial charge on any atom is -0.465 e. The van der Waals surface area contributed by atoms with E-state index < -0.39 is 11.8 Å². The second-order valence-corrected chi connectivity index (χ2v) is 3.84. The van der Waals surface area contributed by atoms with Gasteiger partial charge in [0.05, 0.1) is 12.7 Å². The molecule has 92 valence electrons. The smallest absolute Gasteiger partial charge is 0.337 e. The fourth-order valence-electron chi connectivity index (χ4n) is 1.67. The van der Waals surface area contributed by atoms with Gasteiger partial charge in [-0.15, -0.1) is 0 Å². The molecule has 4 heteroatoms. The van der Waals surface area contributed by atoms with Gasteiger partial charge in [-0.25, -0.2) is 9.18 Å². The van der Waals surface area contributed by atoms with Gasteiger partial charge >= 0.3 is 5.97 Å². The van der Waals surface area contributed by atoms with E-state index in [2.05, 4.69) is 4.74 Å². The zero-order valence-electron chi connectivity index (χ0n) is 9.81. The van der Waals surface area contributed by atoms with E-state index >= 15 is 0 Å². The Hall–Kier alpha value is -2.36. The zero-order valence-corrected chi connectivity index (χ0v) is 9.81. The molecule has 18 heavy (non-hydrogen) atoms. The molecule has 2 rings (SSSR count). The summed E-state index contributed by atoms with van der Waals surface area (Å²) in [6.45, 7) is 0. The summed E-state index contributed by atoms with van der Waals surface area (Å²) >= 11 is 0. The minimum atomic E-state index is -0.564. The Morgan fingerprint density at radius 3 is 2.39 bits per heavy atom. The lowest BCUT2D eigenvalue weighted by atomic mass is 10.0. The molecule has 0 bridgehead atoms. The molecular formula is C14H12FNO2. The molecular weight excluding hydrogens is 233 g/mol. The summed E-state index contributed by atoms with van der Waals surface area (Å²) in [6.07, 6.45) is 0. The Kier molecular flexibility index (Phi) is 3.28. The van der Waals surface area contributed by atoms with Gasteiger partial charge in [0.1, 0.15) is 5.82 Å². The maximum atomic E-state index is 13.5. The Balaban J connectivity index is 2.48. The van der Waals surface area contributed by atoms with Gasteiger partial charge in [0.2, 0.25) is 0 Å². The van der Waals surface area contributed by atoms with Crippen molar-refractivity contribution in [2.75, 3.05) is 12.8 Å². The zero-order chi connectivity index (χ0) is 13.1. The number of nitrogens with two attached hydrogens (primary N) is 1. The van der Waals surface area contributed by atoms with Crippen molar-refractivity contribution in [2.24, 2.45) is 0 Å². The first-order chi connectivity index (χ1) is 8.60. The predicted octanol–water partition coefficient (Wildman–Crippen LogP) is 2.86. The topological polar surface area (TPSA) is 52.3 Å². The highest BCUT2D eigenvalue weighted by Crippen LogP contribution is 2.23. The summed E-state index contributed by atoms with van der Waals surface area (Å²) < 4.78 is 18.0. The van der Waals surface area contributed by atoms with Crippen LogP contribution in [0.4, 0.5) is 10.1 Å². The van der Waals surface area contributed by atoms with Gasteiger partial charge in [0.25, 0.3) is 0 Å². The van der Waals surface area contributed by atoms with Crippen molar-refractivity contribution < 1.29 is 13.9 Å². The number of halogens is 1. The Bertz CT molecular complexity index is 579. The molecule has 0 radical (unpaired) electrons. The van der Waals surface area contributed by atoms with Gasteiger partial charge in [-0.2, -0.15) is 0 Å². The molecule has 0 aliphatic rings. The number of ether oxygens (including phenoxy) is 1. The molecule has 2 aromatic rings. The first kappa shape index (κ1) is 12.1. The van der Waals surface area contributed by atoms with Gasteiger partial charge in [-0.05, 0) is 41.5 Å². The molecule has 0 spiro atoms. The molecule has 0 atom stereocenters. The molecule has 0 aliphatic heterocycles. The van der Waals surface area contributed by atoms with Gasteiger partial charge in [0, 0.05) is 5.69 Å². The molecule has 0 amide bonds. The lowest BCUT2D eigenvalue weighted by molar-refractivity contribution is 0.0600. The van der Waals surface area contributed by atoms with E-state index in [-0.39, 0.29) is 5.56 Å². The number of methoxy groups -OCH3 is 1. The molecule has 0 aliphatic carbocycles. The summed E-state index contributed by atoms with van der Waals surface area (Å²) in [5, 5.41) is 0. The number of hydrogen-bond donors (Lipinski definition) is 1. The highest BCUT2D eigenvalue weighted by molar-refractivity contribution is 5.91. The number of benzene rings is 2. The van der Waals surface area contributed by atoms with Crippen LogP contribution in [0.15, 0.2) is 42.5 Å². The largest absolute Gasteiger partial charge is 0.465 e. The van der Waals surface area contributed by atoms with Crippen molar-refractivity contribution >= 4 is 11.7 Å². The molecule has 0 unspecified atom stereocenters. The molecule has 0 saturated carbocycles. The van der Waals surface area contributed by atoms with Crippen LogP contribution in [-0.4, -0.2) is 13.1 Å². The van der Waals surface area contributed by atoms with Gasteiger partial charge < -0.3 is 10.5 Å². The summed E-state index contributed by atoms with van der Waals surface area (Å²) in [6, 6.07) is 11.1. The van der Waals surface area contributed by atoms with Crippen molar-refractivity contribution in [3.63, 3.8) is 0 Å². The average molecular weight is 245 g/mol. The maximum absolute atomic E-state index is 13.5. The van der Waals surface area contributed by atoms with Crippen LogP contribution in [0.3, 0.4) is 0 Å². The van der Waals surface area contributed by atoms with E-state index in [0.717, 1.165) is 11.6 Å². The van der Waals surface area contributed by atoms with Crippen LogP contribution in [-0.2, 0) is 4.74 Å². The highest BCUT2D eigenvalue weighted by atomic mass is 19.1. The van der Waals surface area contributed by atoms with Crippen LogP contribution < -0.4 is 5.73 Å². The van der Waals surface area contributed by atoms with Gasteiger partial charge in [0.15, 0.2) is 0 Å². The van der Waals surface area contributed by atoms with E-state index in [1.807, 2.05) is 0 Å². The number of rotatable bonds is 2. The number of hydrogen-bond acceptors (Lipinski definition) is 3. The van der Waals surface area contributed by atoms with E-state index in [1.165, 1.54) is 13.2 Å². The quantitative estimate of drug-likeness (QED) is 0.653. The third kappa shape index (κ3) is 2.48.